The van der Waals surface area contributed by atoms with Gasteiger partial charge >= 0.3 is 0 Å². The molecule has 2 heterocycles. The Morgan fingerprint density at radius 2 is 1.92 bits per heavy atom. The Morgan fingerprint density at radius 1 is 1.12 bits per heavy atom. The number of sulfonamides is 1. The third-order valence-electron chi connectivity index (χ3n) is 4.22. The summed E-state index contributed by atoms with van der Waals surface area (Å²) in [7, 11) is -1.69. The summed E-state index contributed by atoms with van der Waals surface area (Å²) in [5.41, 5.74) is 1.99. The smallest absolute Gasteiger partial charge is 0.256 e. The summed E-state index contributed by atoms with van der Waals surface area (Å²) in [5.74, 6) is 1.34. The lowest BCUT2D eigenvalue weighted by Crippen LogP contribution is -2.38. The maximum atomic E-state index is 11.7. The molecule has 0 bridgehead atoms. The van der Waals surface area contributed by atoms with E-state index in [9.17, 15) is 8.42 Å². The zero-order valence-electron chi connectivity index (χ0n) is 13.1. The Bertz CT molecular complexity index is 1020. The fourth-order valence-electron chi connectivity index (χ4n) is 3.00. The van der Waals surface area contributed by atoms with Gasteiger partial charge in [-0.25, -0.2) is 8.42 Å². The largest absolute Gasteiger partial charge is 0.497 e. The standard InChI is InChI=1S/C18H16N2O3S/c1-23-16-8-7-13-11-15(6-5-14(13)12-16)17-3-2-4-18-19-24(21,22)10-9-20(17)18/h2-8,11-12H,9-10H2,1H3. The summed E-state index contributed by atoms with van der Waals surface area (Å²) in [5, 5.41) is 2.20. The van der Waals surface area contributed by atoms with Crippen LogP contribution in [0, 0.1) is 0 Å². The van der Waals surface area contributed by atoms with E-state index in [-0.39, 0.29) is 5.75 Å². The van der Waals surface area contributed by atoms with Gasteiger partial charge in [0.2, 0.25) is 0 Å². The van der Waals surface area contributed by atoms with Crippen LogP contribution in [0.5, 0.6) is 5.75 Å². The Hall–Kier alpha value is -2.60. The van der Waals surface area contributed by atoms with Crippen molar-refractivity contribution >= 4 is 32.3 Å². The molecule has 6 heteroatoms. The molecule has 4 rings (SSSR count). The van der Waals surface area contributed by atoms with E-state index in [1.54, 1.807) is 13.2 Å². The average Bonchev–Trinajstić information content (AvgIpc) is 2.59. The molecule has 2 aromatic rings. The van der Waals surface area contributed by atoms with Crippen molar-refractivity contribution in [3.63, 3.8) is 0 Å². The highest BCUT2D eigenvalue weighted by molar-refractivity contribution is 7.90. The minimum absolute atomic E-state index is 0.0342. The predicted molar refractivity (Wildman–Crippen MR) is 95.5 cm³/mol. The van der Waals surface area contributed by atoms with Crippen LogP contribution in [0.15, 0.2) is 59.0 Å². The third kappa shape index (κ3) is 2.59. The fourth-order valence-corrected chi connectivity index (χ4v) is 3.95. The quantitative estimate of drug-likeness (QED) is 0.843. The van der Waals surface area contributed by atoms with Crippen LogP contribution in [0.4, 0.5) is 0 Å². The molecular formula is C18H16N2O3S. The third-order valence-corrected chi connectivity index (χ3v) is 5.38. The monoisotopic (exact) mass is 340 g/mol. The Balaban J connectivity index is 1.77. The van der Waals surface area contributed by atoms with E-state index in [1.165, 1.54) is 0 Å². The van der Waals surface area contributed by atoms with Crippen LogP contribution in [0.25, 0.3) is 16.5 Å². The van der Waals surface area contributed by atoms with E-state index in [0.29, 0.717) is 12.4 Å². The van der Waals surface area contributed by atoms with Crippen LogP contribution in [0.2, 0.25) is 0 Å². The Labute approximate surface area is 140 Å². The number of ether oxygens (including phenoxy) is 1. The highest BCUT2D eigenvalue weighted by atomic mass is 32.2. The van der Waals surface area contributed by atoms with Gasteiger partial charge in [0.1, 0.15) is 11.6 Å². The molecule has 0 saturated heterocycles. The summed E-state index contributed by atoms with van der Waals surface area (Å²) >= 11 is 0. The van der Waals surface area contributed by atoms with Crippen molar-refractivity contribution in [1.29, 1.82) is 0 Å². The van der Waals surface area contributed by atoms with Gasteiger partial charge in [-0.3, -0.25) is 0 Å². The summed E-state index contributed by atoms with van der Waals surface area (Å²) in [6.45, 7) is 0.415. The van der Waals surface area contributed by atoms with Crippen LogP contribution in [-0.4, -0.2) is 38.6 Å². The Kier molecular flexibility index (Phi) is 3.42. The molecule has 0 aromatic heterocycles. The number of allylic oxidation sites excluding steroid dienone is 2. The van der Waals surface area contributed by atoms with Crippen molar-refractivity contribution in [3.8, 4) is 5.75 Å². The molecule has 2 aliphatic heterocycles. The van der Waals surface area contributed by atoms with E-state index in [4.69, 9.17) is 4.74 Å². The van der Waals surface area contributed by atoms with E-state index in [2.05, 4.69) is 10.5 Å². The van der Waals surface area contributed by atoms with Crippen LogP contribution in [-0.2, 0) is 10.0 Å². The molecule has 24 heavy (non-hydrogen) atoms. The van der Waals surface area contributed by atoms with Gasteiger partial charge in [0.05, 0.1) is 12.9 Å². The molecule has 0 saturated carbocycles. The van der Waals surface area contributed by atoms with Crippen molar-refractivity contribution in [2.45, 2.75) is 0 Å². The van der Waals surface area contributed by atoms with E-state index in [0.717, 1.165) is 27.8 Å². The molecule has 0 amide bonds. The molecule has 0 unspecified atom stereocenters. The van der Waals surface area contributed by atoms with E-state index >= 15 is 0 Å². The van der Waals surface area contributed by atoms with Gasteiger partial charge in [-0.1, -0.05) is 24.3 Å². The van der Waals surface area contributed by atoms with Gasteiger partial charge in [0.25, 0.3) is 10.0 Å². The predicted octanol–water partition coefficient (Wildman–Crippen LogP) is 2.80. The normalized spacial score (nSPS) is 18.8. The maximum absolute atomic E-state index is 11.7. The SMILES string of the molecule is COc1ccc2cc(C3=CC=CC4=NS(=O)(=O)CCN34)ccc2c1. The molecule has 122 valence electrons. The van der Waals surface area contributed by atoms with Crippen LogP contribution >= 0.6 is 0 Å². The average molecular weight is 340 g/mol. The minimum Gasteiger partial charge on any atom is -0.497 e. The number of rotatable bonds is 2. The molecule has 0 atom stereocenters. The first-order valence-electron chi connectivity index (χ1n) is 7.62. The van der Waals surface area contributed by atoms with Crippen molar-refractivity contribution in [3.05, 3.63) is 60.2 Å². The lowest BCUT2D eigenvalue weighted by molar-refractivity contribution is 0.415. The fraction of sp³-hybridized carbons (Fsp3) is 0.167. The first-order valence-corrected chi connectivity index (χ1v) is 9.23. The minimum atomic E-state index is -3.35. The first-order chi connectivity index (χ1) is 11.6. The number of nitrogens with zero attached hydrogens (tertiary/aromatic N) is 2. The van der Waals surface area contributed by atoms with Crippen LogP contribution in [0.1, 0.15) is 5.56 Å². The van der Waals surface area contributed by atoms with Gasteiger partial charge in [-0.2, -0.15) is 0 Å². The zero-order valence-corrected chi connectivity index (χ0v) is 14.0. The van der Waals surface area contributed by atoms with Gasteiger partial charge < -0.3 is 9.64 Å². The maximum Gasteiger partial charge on any atom is 0.256 e. The molecule has 2 aliphatic rings. The van der Waals surface area contributed by atoms with Crippen molar-refractivity contribution in [1.82, 2.24) is 4.90 Å². The van der Waals surface area contributed by atoms with E-state index in [1.807, 2.05) is 47.4 Å². The molecular weight excluding hydrogens is 324 g/mol. The van der Waals surface area contributed by atoms with Crippen LogP contribution < -0.4 is 4.74 Å². The lowest BCUT2D eigenvalue weighted by atomic mass is 10.0. The summed E-state index contributed by atoms with van der Waals surface area (Å²) in [4.78, 5) is 1.95. The molecule has 2 aromatic carbocycles. The second-order valence-corrected chi connectivity index (χ2v) is 7.48. The van der Waals surface area contributed by atoms with Crippen LogP contribution in [0.3, 0.4) is 0 Å². The van der Waals surface area contributed by atoms with Gasteiger partial charge in [-0.05, 0) is 46.7 Å². The molecule has 0 fully saturated rings. The van der Waals surface area contributed by atoms with Crippen molar-refractivity contribution in [2.24, 2.45) is 4.40 Å². The number of hydrogen-bond donors (Lipinski definition) is 0. The van der Waals surface area contributed by atoms with Gasteiger partial charge in [0.15, 0.2) is 0 Å². The summed E-state index contributed by atoms with van der Waals surface area (Å²) in [6.07, 6.45) is 5.55. The number of benzene rings is 2. The number of fused-ring (bicyclic) bond motifs is 2. The van der Waals surface area contributed by atoms with Crippen molar-refractivity contribution < 1.29 is 13.2 Å². The Morgan fingerprint density at radius 3 is 2.75 bits per heavy atom. The summed E-state index contributed by atoms with van der Waals surface area (Å²) < 4.78 is 32.5. The summed E-state index contributed by atoms with van der Waals surface area (Å²) in [6, 6.07) is 12.1. The second kappa shape index (κ2) is 5.49. The van der Waals surface area contributed by atoms with Gasteiger partial charge in [0, 0.05) is 12.2 Å². The highest BCUT2D eigenvalue weighted by Gasteiger charge is 2.27. The molecule has 5 nitrogen and oxygen atoms in total. The zero-order chi connectivity index (χ0) is 16.7. The van der Waals surface area contributed by atoms with Gasteiger partial charge in [-0.15, -0.1) is 4.40 Å². The molecule has 0 N–H and O–H groups in total. The lowest BCUT2D eigenvalue weighted by Gasteiger charge is -2.31. The molecule has 0 spiro atoms. The molecule has 0 radical (unpaired) electrons. The topological polar surface area (TPSA) is 59.0 Å². The number of hydrogen-bond acceptors (Lipinski definition) is 4. The highest BCUT2D eigenvalue weighted by Crippen LogP contribution is 2.29. The first kappa shape index (κ1) is 15.0. The van der Waals surface area contributed by atoms with E-state index < -0.39 is 10.0 Å². The second-order valence-electron chi connectivity index (χ2n) is 5.73. The molecule has 0 aliphatic carbocycles. The number of amidine groups is 1. The number of methoxy groups -OCH3 is 1. The van der Waals surface area contributed by atoms with Crippen molar-refractivity contribution in [2.75, 3.05) is 19.4 Å².